The summed E-state index contributed by atoms with van der Waals surface area (Å²) in [5.74, 6) is 2.28. The number of nitro benzene ring substituents is 1. The first kappa shape index (κ1) is 16.5. The highest BCUT2D eigenvalue weighted by Gasteiger charge is 2.19. The monoisotopic (exact) mass is 289 g/mol. The number of nitrogens with one attached hydrogen (secondary N) is 1. The highest BCUT2D eigenvalue weighted by atomic mass is 16.6. The third-order valence-corrected chi connectivity index (χ3v) is 2.96. The third-order valence-electron chi connectivity index (χ3n) is 2.96. The molecule has 0 bridgehead atoms. The largest absolute Gasteiger partial charge is 0.366 e. The van der Waals surface area contributed by atoms with E-state index in [1.807, 2.05) is 6.92 Å². The van der Waals surface area contributed by atoms with Crippen LogP contribution in [0.2, 0.25) is 0 Å². The summed E-state index contributed by atoms with van der Waals surface area (Å²) in [6.45, 7) is 1.99. The van der Waals surface area contributed by atoms with Gasteiger partial charge in [0.2, 0.25) is 0 Å². The van der Waals surface area contributed by atoms with E-state index in [1.54, 1.807) is 20.2 Å². The Morgan fingerprint density at radius 3 is 2.67 bits per heavy atom. The molecular weight excluding hydrogens is 270 g/mol. The molecule has 1 amide bonds. The van der Waals surface area contributed by atoms with Gasteiger partial charge in [0.05, 0.1) is 11.0 Å². The van der Waals surface area contributed by atoms with Gasteiger partial charge in [-0.3, -0.25) is 14.9 Å². The molecule has 0 radical (unpaired) electrons. The molecule has 0 aromatic heterocycles. The van der Waals surface area contributed by atoms with Crippen LogP contribution in [0, 0.1) is 22.5 Å². The third kappa shape index (κ3) is 4.21. The fourth-order valence-corrected chi connectivity index (χ4v) is 1.87. The van der Waals surface area contributed by atoms with Crippen molar-refractivity contribution in [1.82, 2.24) is 4.90 Å². The highest BCUT2D eigenvalue weighted by Crippen LogP contribution is 2.27. The molecule has 0 spiro atoms. The van der Waals surface area contributed by atoms with E-state index in [1.165, 1.54) is 17.0 Å². The molecule has 0 aliphatic rings. The number of carbonyl (C=O) groups is 1. The van der Waals surface area contributed by atoms with Crippen molar-refractivity contribution >= 4 is 17.3 Å². The number of hydrogen-bond donors (Lipinski definition) is 1. The summed E-state index contributed by atoms with van der Waals surface area (Å²) in [5.41, 5.74) is 0.441. The van der Waals surface area contributed by atoms with E-state index < -0.39 is 4.92 Å². The van der Waals surface area contributed by atoms with Crippen LogP contribution in [0.25, 0.3) is 0 Å². The maximum Gasteiger partial charge on any atom is 0.293 e. The molecule has 1 atom stereocenters. The van der Waals surface area contributed by atoms with Crippen molar-refractivity contribution in [3.05, 3.63) is 33.9 Å². The number of nitro groups is 1. The van der Waals surface area contributed by atoms with Gasteiger partial charge in [-0.15, -0.1) is 6.42 Å². The topological polar surface area (TPSA) is 75.5 Å². The fourth-order valence-electron chi connectivity index (χ4n) is 1.87. The molecule has 112 valence electrons. The summed E-state index contributed by atoms with van der Waals surface area (Å²) in [7, 11) is 3.19. The Morgan fingerprint density at radius 2 is 2.19 bits per heavy atom. The predicted molar refractivity (Wildman–Crippen MR) is 82.3 cm³/mol. The second kappa shape index (κ2) is 7.29. The Labute approximate surface area is 124 Å². The van der Waals surface area contributed by atoms with Crippen LogP contribution in [0.15, 0.2) is 18.2 Å². The molecular formula is C15H19N3O3. The number of carbonyl (C=O) groups excluding carboxylic acids is 1. The summed E-state index contributed by atoms with van der Waals surface area (Å²) >= 11 is 0. The van der Waals surface area contributed by atoms with Crippen molar-refractivity contribution in [1.29, 1.82) is 0 Å². The fraction of sp³-hybridized carbons (Fsp3) is 0.400. The van der Waals surface area contributed by atoms with Gasteiger partial charge in [0.25, 0.3) is 11.6 Å². The quantitative estimate of drug-likeness (QED) is 0.496. The van der Waals surface area contributed by atoms with Crippen LogP contribution < -0.4 is 5.32 Å². The van der Waals surface area contributed by atoms with Crippen molar-refractivity contribution in [2.24, 2.45) is 0 Å². The Bertz CT molecular complexity index is 576. The Kier molecular flexibility index (Phi) is 5.73. The smallest absolute Gasteiger partial charge is 0.293 e. The number of rotatable bonds is 6. The van der Waals surface area contributed by atoms with E-state index in [4.69, 9.17) is 6.42 Å². The normalized spacial score (nSPS) is 11.3. The van der Waals surface area contributed by atoms with Crippen molar-refractivity contribution < 1.29 is 9.72 Å². The van der Waals surface area contributed by atoms with Crippen LogP contribution in [-0.2, 0) is 0 Å². The molecule has 0 saturated carbocycles. The number of anilines is 1. The number of terminal acetylenes is 1. The van der Waals surface area contributed by atoms with Gasteiger partial charge in [0.1, 0.15) is 5.69 Å². The van der Waals surface area contributed by atoms with E-state index in [0.29, 0.717) is 12.1 Å². The van der Waals surface area contributed by atoms with Crippen molar-refractivity contribution in [3.8, 4) is 12.3 Å². The van der Waals surface area contributed by atoms with Crippen LogP contribution >= 0.6 is 0 Å². The molecule has 1 unspecified atom stereocenters. The van der Waals surface area contributed by atoms with E-state index in [2.05, 4.69) is 11.2 Å². The lowest BCUT2D eigenvalue weighted by molar-refractivity contribution is -0.384. The minimum atomic E-state index is -0.520. The van der Waals surface area contributed by atoms with E-state index in [-0.39, 0.29) is 23.2 Å². The van der Waals surface area contributed by atoms with E-state index in [9.17, 15) is 14.9 Å². The first-order valence-corrected chi connectivity index (χ1v) is 6.63. The van der Waals surface area contributed by atoms with Gasteiger partial charge >= 0.3 is 0 Å². The Morgan fingerprint density at radius 1 is 1.52 bits per heavy atom. The lowest BCUT2D eigenvalue weighted by atomic mass is 10.1. The van der Waals surface area contributed by atoms with Gasteiger partial charge in [-0.2, -0.15) is 0 Å². The molecule has 0 fully saturated rings. The maximum absolute atomic E-state index is 11.9. The zero-order chi connectivity index (χ0) is 16.0. The summed E-state index contributed by atoms with van der Waals surface area (Å²) in [6.07, 6.45) is 6.99. The highest BCUT2D eigenvalue weighted by molar-refractivity contribution is 5.95. The number of amides is 1. The van der Waals surface area contributed by atoms with Crippen LogP contribution in [-0.4, -0.2) is 35.9 Å². The Hall–Kier alpha value is -2.55. The van der Waals surface area contributed by atoms with Crippen molar-refractivity contribution in [2.75, 3.05) is 19.4 Å². The summed E-state index contributed by atoms with van der Waals surface area (Å²) in [5, 5.41) is 14.2. The van der Waals surface area contributed by atoms with Crippen LogP contribution in [0.1, 0.15) is 30.1 Å². The van der Waals surface area contributed by atoms with Crippen LogP contribution in [0.5, 0.6) is 0 Å². The first-order valence-electron chi connectivity index (χ1n) is 6.63. The lowest BCUT2D eigenvalue weighted by Crippen LogP contribution is -2.22. The molecule has 6 nitrogen and oxygen atoms in total. The molecule has 0 saturated heterocycles. The van der Waals surface area contributed by atoms with E-state index >= 15 is 0 Å². The molecule has 1 N–H and O–H groups in total. The van der Waals surface area contributed by atoms with Gasteiger partial charge in [0.15, 0.2) is 0 Å². The average Bonchev–Trinajstić information content (AvgIpc) is 2.45. The van der Waals surface area contributed by atoms with Gasteiger partial charge in [-0.05, 0) is 18.6 Å². The SMILES string of the molecule is C#CC(CCC)Nc1ccc(C(=O)N(C)C)cc1[N+](=O)[O-]. The molecule has 0 aliphatic carbocycles. The molecule has 6 heteroatoms. The molecule has 1 aromatic rings. The molecule has 0 aliphatic heterocycles. The number of nitrogens with zero attached hydrogens (tertiary/aromatic N) is 2. The van der Waals surface area contributed by atoms with Gasteiger partial charge in [0, 0.05) is 25.7 Å². The minimum Gasteiger partial charge on any atom is -0.366 e. The second-order valence-electron chi connectivity index (χ2n) is 4.84. The summed E-state index contributed by atoms with van der Waals surface area (Å²) < 4.78 is 0. The maximum atomic E-state index is 11.9. The average molecular weight is 289 g/mol. The van der Waals surface area contributed by atoms with Crippen LogP contribution in [0.4, 0.5) is 11.4 Å². The van der Waals surface area contributed by atoms with Gasteiger partial charge in [-0.1, -0.05) is 19.3 Å². The lowest BCUT2D eigenvalue weighted by Gasteiger charge is -2.15. The molecule has 1 aromatic carbocycles. The standard InChI is InChI=1S/C15H19N3O3/c1-5-7-12(6-2)16-13-9-8-11(15(19)17(3)4)10-14(13)18(20)21/h2,8-10,12,16H,5,7H2,1,3-4H3. The molecule has 1 rings (SSSR count). The Balaban J connectivity index is 3.14. The summed E-state index contributed by atoms with van der Waals surface area (Å²) in [6, 6.07) is 4.07. The zero-order valence-electron chi connectivity index (χ0n) is 12.4. The number of benzene rings is 1. The molecule has 21 heavy (non-hydrogen) atoms. The second-order valence-corrected chi connectivity index (χ2v) is 4.84. The van der Waals surface area contributed by atoms with Crippen LogP contribution in [0.3, 0.4) is 0 Å². The van der Waals surface area contributed by atoms with Gasteiger partial charge in [-0.25, -0.2) is 0 Å². The zero-order valence-corrected chi connectivity index (χ0v) is 12.4. The van der Waals surface area contributed by atoms with Crippen molar-refractivity contribution in [3.63, 3.8) is 0 Å². The van der Waals surface area contributed by atoms with E-state index in [0.717, 1.165) is 6.42 Å². The molecule has 0 heterocycles. The predicted octanol–water partition coefficient (Wildman–Crippen LogP) is 2.51. The van der Waals surface area contributed by atoms with Crippen molar-refractivity contribution in [2.45, 2.75) is 25.8 Å². The minimum absolute atomic E-state index is 0.154. The number of hydrogen-bond acceptors (Lipinski definition) is 4. The van der Waals surface area contributed by atoms with Gasteiger partial charge < -0.3 is 10.2 Å². The first-order chi connectivity index (χ1) is 9.90. The summed E-state index contributed by atoms with van der Waals surface area (Å²) in [4.78, 5) is 23.9.